The van der Waals surface area contributed by atoms with E-state index in [2.05, 4.69) is 0 Å². The average Bonchev–Trinajstić information content (AvgIpc) is 3.17. The van der Waals surface area contributed by atoms with Crippen molar-refractivity contribution in [3.05, 3.63) is 95.3 Å². The first-order valence-corrected chi connectivity index (χ1v) is 12.0. The van der Waals surface area contributed by atoms with Crippen molar-refractivity contribution in [1.82, 2.24) is 0 Å². The van der Waals surface area contributed by atoms with E-state index in [1.807, 2.05) is 0 Å². The fourth-order valence-electron chi connectivity index (χ4n) is 4.64. The number of carbonyl (C=O) groups is 2. The Morgan fingerprint density at radius 3 is 2.29 bits per heavy atom. The van der Waals surface area contributed by atoms with Crippen LogP contribution in [-0.2, 0) is 37.0 Å². The highest BCUT2D eigenvalue weighted by molar-refractivity contribution is 7.94. The van der Waals surface area contributed by atoms with Crippen LogP contribution in [0.5, 0.6) is 0 Å². The zero-order valence-corrected chi connectivity index (χ0v) is 18.6. The third kappa shape index (κ3) is 3.33. The fraction of sp³-hybridized carbons (Fsp3) is 0.167. The molecule has 2 aliphatic rings. The maximum Gasteiger partial charge on any atom is 0.416 e. The molecular weight excluding hydrogens is 488 g/mol. The van der Waals surface area contributed by atoms with Gasteiger partial charge in [0.05, 0.1) is 17.8 Å². The van der Waals surface area contributed by atoms with Gasteiger partial charge in [-0.25, -0.2) is 12.8 Å². The molecule has 2 amide bonds. The Labute approximate surface area is 197 Å². The summed E-state index contributed by atoms with van der Waals surface area (Å²) < 4.78 is 80.6. The third-order valence-electron chi connectivity index (χ3n) is 6.11. The number of alkyl halides is 3. The molecule has 5 rings (SSSR count). The molecule has 0 saturated carbocycles. The second kappa shape index (κ2) is 7.64. The summed E-state index contributed by atoms with van der Waals surface area (Å²) in [6.45, 7) is -0.141. The van der Waals surface area contributed by atoms with Gasteiger partial charge >= 0.3 is 6.18 Å². The molecule has 2 aliphatic heterocycles. The summed E-state index contributed by atoms with van der Waals surface area (Å²) in [5.41, 5.74) is -0.812. The van der Waals surface area contributed by atoms with E-state index in [0.29, 0.717) is 16.5 Å². The lowest BCUT2D eigenvalue weighted by Gasteiger charge is -2.33. The van der Waals surface area contributed by atoms with Gasteiger partial charge in [0.15, 0.2) is 9.84 Å². The summed E-state index contributed by atoms with van der Waals surface area (Å²) in [6.07, 6.45) is -4.75. The maximum atomic E-state index is 13.9. The van der Waals surface area contributed by atoms with E-state index in [-0.39, 0.29) is 23.5 Å². The normalized spacial score (nSPS) is 21.1. The van der Waals surface area contributed by atoms with Crippen LogP contribution in [0.3, 0.4) is 0 Å². The van der Waals surface area contributed by atoms with Crippen LogP contribution in [-0.4, -0.2) is 26.0 Å². The van der Waals surface area contributed by atoms with Gasteiger partial charge in [0.1, 0.15) is 11.6 Å². The SMILES string of the molecule is O=C1CS(=O)(=O)[C@]2(C(=O)N(Cc3ccc(F)cc3)c3ccccc32)N1c1cccc(C(F)(F)F)c1. The van der Waals surface area contributed by atoms with Gasteiger partial charge in [-0.1, -0.05) is 36.4 Å². The van der Waals surface area contributed by atoms with Gasteiger partial charge in [0, 0.05) is 11.3 Å². The van der Waals surface area contributed by atoms with E-state index < -0.39 is 49.8 Å². The van der Waals surface area contributed by atoms with Crippen molar-refractivity contribution < 1.29 is 35.6 Å². The molecule has 3 aromatic rings. The van der Waals surface area contributed by atoms with Crippen LogP contribution < -0.4 is 9.80 Å². The van der Waals surface area contributed by atoms with E-state index in [0.717, 1.165) is 23.1 Å². The first-order chi connectivity index (χ1) is 16.5. The number of hydrogen-bond donors (Lipinski definition) is 0. The van der Waals surface area contributed by atoms with E-state index in [1.165, 1.54) is 42.5 Å². The minimum absolute atomic E-state index is 0.0321. The Morgan fingerprint density at radius 1 is 0.914 bits per heavy atom. The van der Waals surface area contributed by atoms with Crippen molar-refractivity contribution in [1.29, 1.82) is 0 Å². The second-order valence-corrected chi connectivity index (χ2v) is 10.3. The summed E-state index contributed by atoms with van der Waals surface area (Å²) in [5.74, 6) is -3.56. The molecule has 1 fully saturated rings. The molecular formula is C24H16F4N2O4S. The van der Waals surface area contributed by atoms with Crippen LogP contribution in [0.25, 0.3) is 0 Å². The highest BCUT2D eigenvalue weighted by atomic mass is 32.2. The number of benzene rings is 3. The molecule has 180 valence electrons. The number of para-hydroxylation sites is 1. The smallest absolute Gasteiger partial charge is 0.304 e. The minimum Gasteiger partial charge on any atom is -0.304 e. The Hall–Kier alpha value is -3.73. The Kier molecular flexibility index (Phi) is 5.03. The molecule has 0 aliphatic carbocycles. The minimum atomic E-state index is -4.75. The molecule has 1 atom stereocenters. The number of halogens is 4. The molecule has 0 N–H and O–H groups in total. The fourth-order valence-corrected chi connectivity index (χ4v) is 6.67. The lowest BCUT2D eigenvalue weighted by molar-refractivity contribution is -0.137. The molecule has 3 aromatic carbocycles. The molecule has 0 bridgehead atoms. The van der Waals surface area contributed by atoms with Gasteiger partial charge in [-0.15, -0.1) is 0 Å². The maximum absolute atomic E-state index is 13.9. The van der Waals surface area contributed by atoms with Gasteiger partial charge in [0.2, 0.25) is 5.91 Å². The lowest BCUT2D eigenvalue weighted by atomic mass is 10.0. The number of nitrogens with zero attached hydrogens (tertiary/aromatic N) is 2. The van der Waals surface area contributed by atoms with Crippen LogP contribution in [0, 0.1) is 5.82 Å². The number of carbonyl (C=O) groups excluding carboxylic acids is 2. The molecule has 6 nitrogen and oxygen atoms in total. The van der Waals surface area contributed by atoms with Crippen molar-refractivity contribution in [2.45, 2.75) is 17.6 Å². The van der Waals surface area contributed by atoms with Gasteiger partial charge in [-0.2, -0.15) is 13.2 Å². The summed E-state index contributed by atoms with van der Waals surface area (Å²) >= 11 is 0. The van der Waals surface area contributed by atoms with E-state index in [1.54, 1.807) is 6.07 Å². The summed E-state index contributed by atoms with van der Waals surface area (Å²) in [7, 11) is -4.53. The number of sulfone groups is 1. The Balaban J connectivity index is 1.72. The zero-order valence-electron chi connectivity index (χ0n) is 17.8. The van der Waals surface area contributed by atoms with Crippen molar-refractivity contribution in [3.63, 3.8) is 0 Å². The highest BCUT2D eigenvalue weighted by Crippen LogP contribution is 2.53. The summed E-state index contributed by atoms with van der Waals surface area (Å²) in [5, 5.41) is 0. The standard InChI is InChI=1S/C24H16F4N2O4S/c25-17-10-8-15(9-11-17)13-29-20-7-2-1-6-19(20)23(22(29)32)30(21(31)14-35(23,33)34)18-5-3-4-16(12-18)24(26,27)28/h1-12H,13-14H2/t23-/m1/s1. The molecule has 1 saturated heterocycles. The number of anilines is 2. The largest absolute Gasteiger partial charge is 0.416 e. The number of fused-ring (bicyclic) bond motifs is 2. The molecule has 0 aromatic heterocycles. The number of amides is 2. The van der Waals surface area contributed by atoms with Crippen molar-refractivity contribution in [3.8, 4) is 0 Å². The second-order valence-electron chi connectivity index (χ2n) is 8.22. The summed E-state index contributed by atoms with van der Waals surface area (Å²) in [6, 6.07) is 14.8. The van der Waals surface area contributed by atoms with Gasteiger partial charge < -0.3 is 4.90 Å². The van der Waals surface area contributed by atoms with Crippen LogP contribution >= 0.6 is 0 Å². The number of hydrogen-bond acceptors (Lipinski definition) is 4. The van der Waals surface area contributed by atoms with Crippen LogP contribution in [0.15, 0.2) is 72.8 Å². The Bertz CT molecular complexity index is 1470. The van der Waals surface area contributed by atoms with Crippen molar-refractivity contribution >= 4 is 33.0 Å². The van der Waals surface area contributed by atoms with Gasteiger partial charge in [-0.05, 0) is 42.0 Å². The van der Waals surface area contributed by atoms with E-state index in [4.69, 9.17) is 0 Å². The van der Waals surface area contributed by atoms with Crippen molar-refractivity contribution in [2.75, 3.05) is 15.6 Å². The molecule has 2 heterocycles. The van der Waals surface area contributed by atoms with Gasteiger partial charge in [-0.3, -0.25) is 14.5 Å². The third-order valence-corrected chi connectivity index (χ3v) is 8.21. The topological polar surface area (TPSA) is 74.8 Å². The van der Waals surface area contributed by atoms with Crippen LogP contribution in [0.2, 0.25) is 0 Å². The zero-order chi connectivity index (χ0) is 25.2. The predicted molar refractivity (Wildman–Crippen MR) is 118 cm³/mol. The van der Waals surface area contributed by atoms with Gasteiger partial charge in [0.25, 0.3) is 10.8 Å². The summed E-state index contributed by atoms with van der Waals surface area (Å²) in [4.78, 5) is 26.2. The first-order valence-electron chi connectivity index (χ1n) is 10.4. The average molecular weight is 504 g/mol. The number of rotatable bonds is 3. The van der Waals surface area contributed by atoms with Crippen LogP contribution in [0.1, 0.15) is 16.7 Å². The van der Waals surface area contributed by atoms with Crippen LogP contribution in [0.4, 0.5) is 28.9 Å². The monoisotopic (exact) mass is 504 g/mol. The first kappa shape index (κ1) is 23.0. The van der Waals surface area contributed by atoms with Crippen molar-refractivity contribution in [2.24, 2.45) is 0 Å². The highest BCUT2D eigenvalue weighted by Gasteiger charge is 2.69. The van der Waals surface area contributed by atoms with E-state index >= 15 is 0 Å². The molecule has 35 heavy (non-hydrogen) atoms. The lowest BCUT2D eigenvalue weighted by Crippen LogP contribution is -2.54. The molecule has 0 radical (unpaired) electrons. The molecule has 0 unspecified atom stereocenters. The quantitative estimate of drug-likeness (QED) is 0.506. The molecule has 11 heteroatoms. The Morgan fingerprint density at radius 2 is 1.60 bits per heavy atom. The van der Waals surface area contributed by atoms with E-state index in [9.17, 15) is 35.6 Å². The predicted octanol–water partition coefficient (Wildman–Crippen LogP) is 4.01. The molecule has 1 spiro atoms.